The molecule has 0 aliphatic heterocycles. The van der Waals surface area contributed by atoms with Gasteiger partial charge in [-0.1, -0.05) is 44.0 Å². The monoisotopic (exact) mass is 358 g/mol. The van der Waals surface area contributed by atoms with Crippen LogP contribution in [0.1, 0.15) is 31.7 Å². The number of hydrogen-bond acceptors (Lipinski definition) is 1. The van der Waals surface area contributed by atoms with Crippen LogP contribution in [0.3, 0.4) is 0 Å². The normalized spacial score (nSPS) is 11.1. The number of hydrogen-bond donors (Lipinski definition) is 0. The highest BCUT2D eigenvalue weighted by molar-refractivity contribution is 5.89. The lowest BCUT2D eigenvalue weighted by atomic mass is 9.96. The number of fused-ring (bicyclic) bond motifs is 1. The summed E-state index contributed by atoms with van der Waals surface area (Å²) in [6.07, 6.45) is 3.18. The van der Waals surface area contributed by atoms with Crippen LogP contribution in [-0.4, -0.2) is 7.11 Å². The van der Waals surface area contributed by atoms with Gasteiger partial charge in [-0.25, -0.2) is 13.2 Å². The molecule has 3 aromatic carbocycles. The van der Waals surface area contributed by atoms with Gasteiger partial charge in [0.15, 0.2) is 11.6 Å². The standard InChI is InChI=1S/C22H21F3O/c1-3-4-5-6-16-13-15-9-12-18(14-7-10-17(26-2)11-8-14)21(24)19(15)22(25)20(16)23/h7-13H,3-6H2,1-2H3. The zero-order valence-electron chi connectivity index (χ0n) is 14.9. The van der Waals surface area contributed by atoms with Gasteiger partial charge in [-0.2, -0.15) is 0 Å². The molecule has 0 heterocycles. The molecule has 0 spiro atoms. The summed E-state index contributed by atoms with van der Waals surface area (Å²) in [5, 5.41) is 0.0835. The maximum absolute atomic E-state index is 15.0. The molecule has 0 saturated carbocycles. The van der Waals surface area contributed by atoms with Gasteiger partial charge in [-0.3, -0.25) is 0 Å². The van der Waals surface area contributed by atoms with Crippen LogP contribution in [0.15, 0.2) is 42.5 Å². The highest BCUT2D eigenvalue weighted by Gasteiger charge is 2.19. The summed E-state index contributed by atoms with van der Waals surface area (Å²) in [5.41, 5.74) is 1.12. The molecule has 0 atom stereocenters. The first-order valence-electron chi connectivity index (χ1n) is 8.80. The zero-order valence-corrected chi connectivity index (χ0v) is 14.9. The number of unbranched alkanes of at least 4 members (excludes halogenated alkanes) is 2. The van der Waals surface area contributed by atoms with E-state index in [1.54, 1.807) is 49.6 Å². The lowest BCUT2D eigenvalue weighted by Gasteiger charge is -2.12. The number of halogens is 3. The van der Waals surface area contributed by atoms with Crippen molar-refractivity contribution in [3.05, 3.63) is 65.5 Å². The van der Waals surface area contributed by atoms with E-state index in [1.807, 2.05) is 6.92 Å². The van der Waals surface area contributed by atoms with Crippen LogP contribution in [0, 0.1) is 17.5 Å². The quantitative estimate of drug-likeness (QED) is 0.447. The fourth-order valence-corrected chi connectivity index (χ4v) is 3.18. The third kappa shape index (κ3) is 3.41. The first-order chi connectivity index (χ1) is 12.6. The minimum atomic E-state index is -1.11. The minimum Gasteiger partial charge on any atom is -0.497 e. The molecule has 0 amide bonds. The second-order valence-electron chi connectivity index (χ2n) is 6.37. The fraction of sp³-hybridized carbons (Fsp3) is 0.273. The highest BCUT2D eigenvalue weighted by atomic mass is 19.2. The van der Waals surface area contributed by atoms with E-state index in [2.05, 4.69) is 0 Å². The van der Waals surface area contributed by atoms with E-state index in [-0.39, 0.29) is 10.9 Å². The van der Waals surface area contributed by atoms with Gasteiger partial charge < -0.3 is 4.74 Å². The summed E-state index contributed by atoms with van der Waals surface area (Å²) in [6.45, 7) is 2.05. The Kier molecular flexibility index (Phi) is 5.50. The Morgan fingerprint density at radius 2 is 1.58 bits per heavy atom. The summed E-state index contributed by atoms with van der Waals surface area (Å²) >= 11 is 0. The topological polar surface area (TPSA) is 9.23 Å². The summed E-state index contributed by atoms with van der Waals surface area (Å²) < 4.78 is 49.1. The van der Waals surface area contributed by atoms with Crippen molar-refractivity contribution >= 4 is 10.8 Å². The van der Waals surface area contributed by atoms with Crippen molar-refractivity contribution in [2.24, 2.45) is 0 Å². The first-order valence-corrected chi connectivity index (χ1v) is 8.80. The van der Waals surface area contributed by atoms with E-state index < -0.39 is 17.5 Å². The first kappa shape index (κ1) is 18.3. The second-order valence-corrected chi connectivity index (χ2v) is 6.37. The Bertz CT molecular complexity index is 917. The van der Waals surface area contributed by atoms with Gasteiger partial charge >= 0.3 is 0 Å². The summed E-state index contributed by atoms with van der Waals surface area (Å²) in [4.78, 5) is 0. The number of rotatable bonds is 6. The van der Waals surface area contributed by atoms with E-state index in [4.69, 9.17) is 4.74 Å². The van der Waals surface area contributed by atoms with E-state index >= 15 is 0 Å². The Hall–Kier alpha value is -2.49. The average Bonchev–Trinajstić information content (AvgIpc) is 2.66. The molecule has 0 aromatic heterocycles. The van der Waals surface area contributed by atoms with Gasteiger partial charge in [-0.05, 0) is 47.6 Å². The molecule has 0 saturated heterocycles. The summed E-state index contributed by atoms with van der Waals surface area (Å²) in [5.74, 6) is -2.16. The van der Waals surface area contributed by atoms with E-state index in [0.29, 0.717) is 28.7 Å². The molecule has 0 unspecified atom stereocenters. The van der Waals surface area contributed by atoms with Crippen molar-refractivity contribution in [2.75, 3.05) is 7.11 Å². The maximum atomic E-state index is 15.0. The van der Waals surface area contributed by atoms with Crippen LogP contribution in [0.4, 0.5) is 13.2 Å². The van der Waals surface area contributed by atoms with Gasteiger partial charge in [0.05, 0.1) is 12.5 Å². The molecular formula is C22H21F3O. The molecule has 0 N–H and O–H groups in total. The van der Waals surface area contributed by atoms with Crippen LogP contribution in [0.5, 0.6) is 5.75 Å². The van der Waals surface area contributed by atoms with Crippen LogP contribution < -0.4 is 4.74 Å². The predicted octanol–water partition coefficient (Wildman–Crippen LogP) is 6.67. The van der Waals surface area contributed by atoms with E-state index in [1.165, 1.54) is 0 Å². The van der Waals surface area contributed by atoms with Gasteiger partial charge in [0.2, 0.25) is 0 Å². The lowest BCUT2D eigenvalue weighted by molar-refractivity contribution is 0.415. The molecular weight excluding hydrogens is 337 g/mol. The number of ether oxygens (including phenoxy) is 1. The smallest absolute Gasteiger partial charge is 0.169 e. The van der Waals surface area contributed by atoms with E-state index in [0.717, 1.165) is 19.3 Å². The molecule has 26 heavy (non-hydrogen) atoms. The average molecular weight is 358 g/mol. The molecule has 0 radical (unpaired) electrons. The van der Waals surface area contributed by atoms with Crippen molar-refractivity contribution in [3.8, 4) is 16.9 Å². The molecule has 3 aromatic rings. The summed E-state index contributed by atoms with van der Waals surface area (Å²) in [7, 11) is 1.54. The van der Waals surface area contributed by atoms with Crippen molar-refractivity contribution in [2.45, 2.75) is 32.6 Å². The van der Waals surface area contributed by atoms with E-state index in [9.17, 15) is 13.2 Å². The third-order valence-corrected chi connectivity index (χ3v) is 4.65. The minimum absolute atomic E-state index is 0.234. The van der Waals surface area contributed by atoms with Gasteiger partial charge in [0, 0.05) is 5.56 Å². The SMILES string of the molecule is CCCCCc1cc2ccc(-c3ccc(OC)cc3)c(F)c2c(F)c1F. The fourth-order valence-electron chi connectivity index (χ4n) is 3.18. The van der Waals surface area contributed by atoms with Crippen molar-refractivity contribution < 1.29 is 17.9 Å². The Morgan fingerprint density at radius 1 is 0.846 bits per heavy atom. The zero-order chi connectivity index (χ0) is 18.7. The molecule has 0 fully saturated rings. The van der Waals surface area contributed by atoms with Crippen molar-refractivity contribution in [3.63, 3.8) is 0 Å². The number of aryl methyl sites for hydroxylation is 1. The van der Waals surface area contributed by atoms with Crippen molar-refractivity contribution in [1.29, 1.82) is 0 Å². The Labute approximate surface area is 151 Å². The molecule has 3 rings (SSSR count). The molecule has 136 valence electrons. The second kappa shape index (κ2) is 7.81. The molecule has 0 aliphatic rings. The predicted molar refractivity (Wildman–Crippen MR) is 99.0 cm³/mol. The summed E-state index contributed by atoms with van der Waals surface area (Å²) in [6, 6.07) is 11.6. The van der Waals surface area contributed by atoms with Crippen LogP contribution in [0.2, 0.25) is 0 Å². The van der Waals surface area contributed by atoms with Crippen LogP contribution in [0.25, 0.3) is 21.9 Å². The van der Waals surface area contributed by atoms with Crippen LogP contribution in [-0.2, 0) is 6.42 Å². The largest absolute Gasteiger partial charge is 0.497 e. The lowest BCUT2D eigenvalue weighted by Crippen LogP contribution is -1.99. The molecule has 0 aliphatic carbocycles. The third-order valence-electron chi connectivity index (χ3n) is 4.65. The highest BCUT2D eigenvalue weighted by Crippen LogP contribution is 2.33. The molecule has 0 bridgehead atoms. The Balaban J connectivity index is 2.08. The number of benzene rings is 3. The Morgan fingerprint density at radius 3 is 2.23 bits per heavy atom. The van der Waals surface area contributed by atoms with Gasteiger partial charge in [0.1, 0.15) is 11.6 Å². The van der Waals surface area contributed by atoms with Crippen LogP contribution >= 0.6 is 0 Å². The molecule has 4 heteroatoms. The molecule has 1 nitrogen and oxygen atoms in total. The van der Waals surface area contributed by atoms with Gasteiger partial charge in [-0.15, -0.1) is 0 Å². The number of methoxy groups -OCH3 is 1. The maximum Gasteiger partial charge on any atom is 0.169 e. The van der Waals surface area contributed by atoms with Crippen molar-refractivity contribution in [1.82, 2.24) is 0 Å². The van der Waals surface area contributed by atoms with Gasteiger partial charge in [0.25, 0.3) is 0 Å².